The molecule has 1 aromatic heterocycles. The standard InChI is InChI=1S/C26H21FN2O6/c1-33-23-12-17(13-24(34-2)26(23)35-3)25(30)22-15-28(19-10-6-18(27)7-11-19)14-21(22)16-4-8-20(9-5-16)29(31)32/h4-15H,1-3H3. The van der Waals surface area contributed by atoms with E-state index in [1.807, 2.05) is 0 Å². The number of benzene rings is 3. The van der Waals surface area contributed by atoms with Crippen LogP contribution >= 0.6 is 0 Å². The summed E-state index contributed by atoms with van der Waals surface area (Å²) in [4.78, 5) is 24.3. The maximum Gasteiger partial charge on any atom is 0.269 e. The molecule has 9 heteroatoms. The summed E-state index contributed by atoms with van der Waals surface area (Å²) in [6, 6.07) is 14.8. The van der Waals surface area contributed by atoms with Gasteiger partial charge in [0.2, 0.25) is 5.75 Å². The predicted octanol–water partition coefficient (Wildman–Crippen LogP) is 5.45. The highest BCUT2D eigenvalue weighted by atomic mass is 19.1. The molecule has 8 nitrogen and oxygen atoms in total. The molecule has 0 saturated heterocycles. The molecule has 0 aliphatic heterocycles. The number of ether oxygens (including phenoxy) is 3. The largest absolute Gasteiger partial charge is 0.493 e. The van der Waals surface area contributed by atoms with Crippen LogP contribution in [-0.4, -0.2) is 36.6 Å². The second-order valence-corrected chi connectivity index (χ2v) is 7.52. The number of hydrogen-bond donors (Lipinski definition) is 0. The number of nitrogens with zero attached hydrogens (tertiary/aromatic N) is 2. The van der Waals surface area contributed by atoms with Crippen LogP contribution in [0.25, 0.3) is 16.8 Å². The smallest absolute Gasteiger partial charge is 0.269 e. The fraction of sp³-hybridized carbons (Fsp3) is 0.115. The van der Waals surface area contributed by atoms with Crippen molar-refractivity contribution in [2.75, 3.05) is 21.3 Å². The lowest BCUT2D eigenvalue weighted by molar-refractivity contribution is -0.384. The van der Waals surface area contributed by atoms with Crippen LogP contribution in [0, 0.1) is 15.9 Å². The van der Waals surface area contributed by atoms with E-state index < -0.39 is 4.92 Å². The summed E-state index contributed by atoms with van der Waals surface area (Å²) in [5.41, 5.74) is 2.34. The number of halogens is 1. The summed E-state index contributed by atoms with van der Waals surface area (Å²) in [5.74, 6) is 0.282. The van der Waals surface area contributed by atoms with Crippen molar-refractivity contribution in [3.63, 3.8) is 0 Å². The minimum absolute atomic E-state index is 0.0655. The van der Waals surface area contributed by atoms with Crippen LogP contribution in [0.15, 0.2) is 73.1 Å². The van der Waals surface area contributed by atoms with Gasteiger partial charge in [0.05, 0.1) is 26.3 Å². The lowest BCUT2D eigenvalue weighted by Gasteiger charge is -2.14. The van der Waals surface area contributed by atoms with E-state index >= 15 is 0 Å². The third kappa shape index (κ3) is 4.56. The van der Waals surface area contributed by atoms with Crippen molar-refractivity contribution < 1.29 is 28.3 Å². The SMILES string of the molecule is COc1cc(C(=O)c2cn(-c3ccc(F)cc3)cc2-c2ccc([N+](=O)[O-])cc2)cc(OC)c1OC. The van der Waals surface area contributed by atoms with Gasteiger partial charge in [-0.05, 0) is 54.1 Å². The van der Waals surface area contributed by atoms with Gasteiger partial charge in [-0.25, -0.2) is 4.39 Å². The first-order chi connectivity index (χ1) is 16.9. The number of ketones is 1. The zero-order valence-corrected chi connectivity index (χ0v) is 19.2. The summed E-state index contributed by atoms with van der Waals surface area (Å²) < 4.78 is 31.3. The van der Waals surface area contributed by atoms with Crippen molar-refractivity contribution in [1.29, 1.82) is 0 Å². The zero-order chi connectivity index (χ0) is 25.1. The Morgan fingerprint density at radius 3 is 2.00 bits per heavy atom. The van der Waals surface area contributed by atoms with Crippen molar-refractivity contribution in [3.8, 4) is 34.1 Å². The molecule has 0 spiro atoms. The van der Waals surface area contributed by atoms with Crippen LogP contribution < -0.4 is 14.2 Å². The molecule has 0 aliphatic carbocycles. The third-order valence-electron chi connectivity index (χ3n) is 5.51. The van der Waals surface area contributed by atoms with E-state index in [1.165, 1.54) is 45.6 Å². The minimum atomic E-state index is -0.491. The molecule has 0 aliphatic rings. The van der Waals surface area contributed by atoms with Crippen LogP contribution in [0.1, 0.15) is 15.9 Å². The van der Waals surface area contributed by atoms with Crippen LogP contribution in [0.2, 0.25) is 0 Å². The molecule has 3 aromatic carbocycles. The number of non-ortho nitro benzene ring substituents is 1. The molecular formula is C26H21FN2O6. The Labute approximate surface area is 200 Å². The van der Waals surface area contributed by atoms with Crippen LogP contribution in [0.4, 0.5) is 10.1 Å². The monoisotopic (exact) mass is 476 g/mol. The third-order valence-corrected chi connectivity index (χ3v) is 5.51. The Morgan fingerprint density at radius 1 is 0.886 bits per heavy atom. The molecule has 1 heterocycles. The Balaban J connectivity index is 1.87. The number of methoxy groups -OCH3 is 3. The van der Waals surface area contributed by atoms with Crippen molar-refractivity contribution in [2.24, 2.45) is 0 Å². The molecule has 4 aromatic rings. The fourth-order valence-corrected chi connectivity index (χ4v) is 3.76. The van der Waals surface area contributed by atoms with Crippen molar-refractivity contribution in [3.05, 3.63) is 100 Å². The summed E-state index contributed by atoms with van der Waals surface area (Å²) >= 11 is 0. The van der Waals surface area contributed by atoms with Gasteiger partial charge in [-0.2, -0.15) is 0 Å². The average Bonchev–Trinajstić information content (AvgIpc) is 3.33. The normalized spacial score (nSPS) is 10.6. The Morgan fingerprint density at radius 2 is 1.49 bits per heavy atom. The Hall–Kier alpha value is -4.66. The summed E-state index contributed by atoms with van der Waals surface area (Å²) in [7, 11) is 4.38. The van der Waals surface area contributed by atoms with Gasteiger partial charge < -0.3 is 18.8 Å². The second-order valence-electron chi connectivity index (χ2n) is 7.52. The first-order valence-electron chi connectivity index (χ1n) is 10.4. The van der Waals surface area contributed by atoms with Gasteiger partial charge in [-0.15, -0.1) is 0 Å². The molecule has 0 N–H and O–H groups in total. The van der Waals surface area contributed by atoms with E-state index in [1.54, 1.807) is 53.4 Å². The van der Waals surface area contributed by atoms with Gasteiger partial charge >= 0.3 is 0 Å². The lowest BCUT2D eigenvalue weighted by atomic mass is 9.97. The highest BCUT2D eigenvalue weighted by molar-refractivity contribution is 6.13. The average molecular weight is 476 g/mol. The number of carbonyl (C=O) groups is 1. The molecule has 0 amide bonds. The Bertz CT molecular complexity index is 1370. The molecule has 35 heavy (non-hydrogen) atoms. The van der Waals surface area contributed by atoms with Gasteiger partial charge in [0, 0.05) is 46.9 Å². The molecular weight excluding hydrogens is 455 g/mol. The highest BCUT2D eigenvalue weighted by Crippen LogP contribution is 2.39. The first-order valence-corrected chi connectivity index (χ1v) is 10.4. The number of rotatable bonds is 8. The summed E-state index contributed by atoms with van der Waals surface area (Å²) in [6.07, 6.45) is 3.36. The van der Waals surface area contributed by atoms with Crippen molar-refractivity contribution in [1.82, 2.24) is 4.57 Å². The van der Waals surface area contributed by atoms with Crippen molar-refractivity contribution >= 4 is 11.5 Å². The van der Waals surface area contributed by atoms with E-state index in [4.69, 9.17) is 14.2 Å². The Kier molecular flexibility index (Phi) is 6.50. The molecule has 178 valence electrons. The summed E-state index contributed by atoms with van der Waals surface area (Å²) in [6.45, 7) is 0. The van der Waals surface area contributed by atoms with Gasteiger partial charge in [-0.1, -0.05) is 0 Å². The van der Waals surface area contributed by atoms with E-state index in [2.05, 4.69) is 0 Å². The second kappa shape index (κ2) is 9.68. The van der Waals surface area contributed by atoms with E-state index in [-0.39, 0.29) is 17.3 Å². The van der Waals surface area contributed by atoms with Crippen molar-refractivity contribution in [2.45, 2.75) is 0 Å². The maximum absolute atomic E-state index is 13.7. The number of hydrogen-bond acceptors (Lipinski definition) is 6. The van der Waals surface area contributed by atoms with Crippen LogP contribution in [-0.2, 0) is 0 Å². The molecule has 0 atom stereocenters. The fourth-order valence-electron chi connectivity index (χ4n) is 3.76. The minimum Gasteiger partial charge on any atom is -0.493 e. The summed E-state index contributed by atoms with van der Waals surface area (Å²) in [5, 5.41) is 11.1. The van der Waals surface area contributed by atoms with Gasteiger partial charge in [0.1, 0.15) is 5.82 Å². The molecule has 0 saturated carbocycles. The van der Waals surface area contributed by atoms with Gasteiger partial charge in [-0.3, -0.25) is 14.9 Å². The molecule has 0 bridgehead atoms. The maximum atomic E-state index is 13.7. The number of aromatic nitrogens is 1. The van der Waals surface area contributed by atoms with Crippen LogP contribution in [0.5, 0.6) is 17.2 Å². The molecule has 0 radical (unpaired) electrons. The number of nitro groups is 1. The van der Waals surface area contributed by atoms with E-state index in [0.717, 1.165) is 0 Å². The number of carbonyl (C=O) groups excluding carboxylic acids is 1. The lowest BCUT2D eigenvalue weighted by Crippen LogP contribution is -2.04. The van der Waals surface area contributed by atoms with E-state index in [9.17, 15) is 19.3 Å². The molecule has 0 fully saturated rings. The first kappa shape index (κ1) is 23.5. The zero-order valence-electron chi connectivity index (χ0n) is 19.2. The molecule has 4 rings (SSSR count). The quantitative estimate of drug-likeness (QED) is 0.191. The van der Waals surface area contributed by atoms with E-state index in [0.29, 0.717) is 45.2 Å². The van der Waals surface area contributed by atoms with Gasteiger partial charge in [0.25, 0.3) is 5.69 Å². The predicted molar refractivity (Wildman–Crippen MR) is 127 cm³/mol. The number of nitro benzene ring substituents is 1. The van der Waals surface area contributed by atoms with Crippen LogP contribution in [0.3, 0.4) is 0 Å². The van der Waals surface area contributed by atoms with Gasteiger partial charge in [0.15, 0.2) is 17.3 Å². The topological polar surface area (TPSA) is 92.8 Å². The molecule has 0 unspecified atom stereocenters. The highest BCUT2D eigenvalue weighted by Gasteiger charge is 2.23.